The minimum atomic E-state index is -0.520. The van der Waals surface area contributed by atoms with Gasteiger partial charge in [-0.2, -0.15) is 0 Å². The fraction of sp³-hybridized carbons (Fsp3) is 0.143. The zero-order valence-corrected chi connectivity index (χ0v) is 13.2. The quantitative estimate of drug-likeness (QED) is 0.569. The highest BCUT2D eigenvalue weighted by Gasteiger charge is 2.15. The van der Waals surface area contributed by atoms with Crippen LogP contribution in [0.15, 0.2) is 36.4 Å². The fourth-order valence-electron chi connectivity index (χ4n) is 1.92. The number of anilines is 1. The molecule has 1 N–H and O–H groups in total. The summed E-state index contributed by atoms with van der Waals surface area (Å²) < 4.78 is 0. The van der Waals surface area contributed by atoms with Gasteiger partial charge in [-0.25, -0.2) is 0 Å². The molecule has 7 heteroatoms. The molecule has 0 aliphatic heterocycles. The predicted molar refractivity (Wildman–Crippen MR) is 86.6 cm³/mol. The van der Waals surface area contributed by atoms with E-state index in [9.17, 15) is 10.1 Å². The molecule has 2 rings (SSSR count). The molecule has 2 aromatic rings. The molecule has 0 saturated carbocycles. The summed E-state index contributed by atoms with van der Waals surface area (Å²) >= 11 is 17.8. The second-order valence-electron chi connectivity index (χ2n) is 4.46. The molecule has 21 heavy (non-hydrogen) atoms. The fourth-order valence-corrected chi connectivity index (χ4v) is 2.68. The third-order valence-electron chi connectivity index (χ3n) is 2.96. The molecule has 0 aliphatic rings. The van der Waals surface area contributed by atoms with Gasteiger partial charge in [-0.05, 0) is 36.8 Å². The van der Waals surface area contributed by atoms with Gasteiger partial charge in [-0.3, -0.25) is 10.1 Å². The van der Waals surface area contributed by atoms with E-state index in [4.69, 9.17) is 34.8 Å². The summed E-state index contributed by atoms with van der Waals surface area (Å²) in [6, 6.07) is 9.62. The average molecular weight is 346 g/mol. The lowest BCUT2D eigenvalue weighted by atomic mass is 10.1. The maximum atomic E-state index is 10.9. The molecule has 0 spiro atoms. The molecule has 1 unspecified atom stereocenters. The Morgan fingerprint density at radius 3 is 2.43 bits per heavy atom. The Morgan fingerprint density at radius 2 is 1.81 bits per heavy atom. The van der Waals surface area contributed by atoms with E-state index < -0.39 is 4.92 Å². The Balaban J connectivity index is 2.25. The van der Waals surface area contributed by atoms with Crippen LogP contribution < -0.4 is 5.32 Å². The molecule has 4 nitrogen and oxygen atoms in total. The van der Waals surface area contributed by atoms with Gasteiger partial charge in [0.05, 0.1) is 4.92 Å². The summed E-state index contributed by atoms with van der Waals surface area (Å²) in [5.41, 5.74) is 1.29. The second-order valence-corrected chi connectivity index (χ2v) is 5.71. The van der Waals surface area contributed by atoms with E-state index in [0.717, 1.165) is 5.56 Å². The van der Waals surface area contributed by atoms with Crippen LogP contribution in [0.2, 0.25) is 15.1 Å². The number of nitrogens with one attached hydrogen (secondary N) is 1. The van der Waals surface area contributed by atoms with E-state index in [1.807, 2.05) is 13.0 Å². The van der Waals surface area contributed by atoms with Crippen LogP contribution in [0.25, 0.3) is 0 Å². The lowest BCUT2D eigenvalue weighted by Gasteiger charge is -2.17. The molecule has 0 aromatic heterocycles. The van der Waals surface area contributed by atoms with Crippen molar-refractivity contribution in [2.45, 2.75) is 13.0 Å². The molecular formula is C14H11Cl3N2O2. The molecule has 110 valence electrons. The number of hydrogen-bond donors (Lipinski definition) is 1. The molecule has 0 saturated heterocycles. The first-order chi connectivity index (χ1) is 9.88. The van der Waals surface area contributed by atoms with Gasteiger partial charge in [-0.15, -0.1) is 0 Å². The Kier molecular flexibility index (Phi) is 4.93. The van der Waals surface area contributed by atoms with Gasteiger partial charge in [0, 0.05) is 27.8 Å². The Bertz CT molecular complexity index is 692. The van der Waals surface area contributed by atoms with Crippen molar-refractivity contribution in [3.63, 3.8) is 0 Å². The number of rotatable bonds is 4. The highest BCUT2D eigenvalue weighted by Crippen LogP contribution is 2.31. The maximum Gasteiger partial charge on any atom is 0.289 e. The SMILES string of the molecule is CC(Nc1ccc(Cl)c([N+](=O)[O-])c1)c1ccc(Cl)cc1Cl. The van der Waals surface area contributed by atoms with Crippen LogP contribution in [0.3, 0.4) is 0 Å². The Hall–Kier alpha value is -1.49. The standard InChI is InChI=1S/C14H11Cl3N2O2/c1-8(11-4-2-9(15)6-13(11)17)18-10-3-5-12(16)14(7-10)19(20)21/h2-8,18H,1H3. The third kappa shape index (κ3) is 3.79. The summed E-state index contributed by atoms with van der Waals surface area (Å²) in [5, 5.41) is 15.2. The van der Waals surface area contributed by atoms with Crippen LogP contribution in [-0.2, 0) is 0 Å². The van der Waals surface area contributed by atoms with Crippen molar-refractivity contribution in [1.82, 2.24) is 0 Å². The molecule has 0 amide bonds. The van der Waals surface area contributed by atoms with E-state index in [2.05, 4.69) is 5.32 Å². The summed E-state index contributed by atoms with van der Waals surface area (Å²) in [5.74, 6) is 0. The van der Waals surface area contributed by atoms with Gasteiger partial charge >= 0.3 is 0 Å². The van der Waals surface area contributed by atoms with E-state index in [0.29, 0.717) is 15.7 Å². The average Bonchev–Trinajstić information content (AvgIpc) is 2.40. The van der Waals surface area contributed by atoms with Gasteiger partial charge in [0.2, 0.25) is 0 Å². The molecule has 0 aliphatic carbocycles. The van der Waals surface area contributed by atoms with Crippen molar-refractivity contribution in [1.29, 1.82) is 0 Å². The highest BCUT2D eigenvalue weighted by molar-refractivity contribution is 6.35. The molecule has 0 radical (unpaired) electrons. The molecule has 2 aromatic carbocycles. The second kappa shape index (κ2) is 6.52. The van der Waals surface area contributed by atoms with Crippen LogP contribution in [0.1, 0.15) is 18.5 Å². The van der Waals surface area contributed by atoms with Crippen LogP contribution >= 0.6 is 34.8 Å². The van der Waals surface area contributed by atoms with E-state index in [1.54, 1.807) is 18.2 Å². The largest absolute Gasteiger partial charge is 0.378 e. The van der Waals surface area contributed by atoms with E-state index >= 15 is 0 Å². The summed E-state index contributed by atoms with van der Waals surface area (Å²) in [6.07, 6.45) is 0. The highest BCUT2D eigenvalue weighted by atomic mass is 35.5. The third-order valence-corrected chi connectivity index (χ3v) is 3.84. The molecule has 0 bridgehead atoms. The summed E-state index contributed by atoms with van der Waals surface area (Å²) in [6.45, 7) is 1.90. The molecule has 1 atom stereocenters. The van der Waals surface area contributed by atoms with Crippen molar-refractivity contribution in [3.8, 4) is 0 Å². The summed E-state index contributed by atoms with van der Waals surface area (Å²) in [7, 11) is 0. The molecular weight excluding hydrogens is 335 g/mol. The Labute approximate surface area is 136 Å². The van der Waals surface area contributed by atoms with Gasteiger partial charge in [0.15, 0.2) is 0 Å². The van der Waals surface area contributed by atoms with Gasteiger partial charge in [0.1, 0.15) is 5.02 Å². The van der Waals surface area contributed by atoms with E-state index in [1.165, 1.54) is 12.1 Å². The predicted octanol–water partition coefficient (Wildman–Crippen LogP) is 5.73. The number of nitro benzene ring substituents is 1. The van der Waals surface area contributed by atoms with Crippen molar-refractivity contribution in [2.24, 2.45) is 0 Å². The van der Waals surface area contributed by atoms with Crippen molar-refractivity contribution in [3.05, 3.63) is 67.1 Å². The van der Waals surface area contributed by atoms with Gasteiger partial charge < -0.3 is 5.32 Å². The smallest absolute Gasteiger partial charge is 0.289 e. The van der Waals surface area contributed by atoms with Crippen LogP contribution in [0, 0.1) is 10.1 Å². The maximum absolute atomic E-state index is 10.9. The first-order valence-corrected chi connectivity index (χ1v) is 7.17. The number of hydrogen-bond acceptors (Lipinski definition) is 3. The first kappa shape index (κ1) is 15.9. The van der Waals surface area contributed by atoms with Gasteiger partial charge in [-0.1, -0.05) is 40.9 Å². The van der Waals surface area contributed by atoms with Gasteiger partial charge in [0.25, 0.3) is 5.69 Å². The Morgan fingerprint density at radius 1 is 1.10 bits per heavy atom. The van der Waals surface area contributed by atoms with E-state index in [-0.39, 0.29) is 16.8 Å². The zero-order chi connectivity index (χ0) is 15.6. The lowest BCUT2D eigenvalue weighted by Crippen LogP contribution is -2.07. The topological polar surface area (TPSA) is 55.2 Å². The normalized spacial score (nSPS) is 12.0. The molecule has 0 fully saturated rings. The number of nitrogens with zero attached hydrogens (tertiary/aromatic N) is 1. The molecule has 0 heterocycles. The van der Waals surface area contributed by atoms with Crippen molar-refractivity contribution < 1.29 is 4.92 Å². The number of halogens is 3. The number of nitro groups is 1. The van der Waals surface area contributed by atoms with Crippen LogP contribution in [0.5, 0.6) is 0 Å². The van der Waals surface area contributed by atoms with Crippen LogP contribution in [-0.4, -0.2) is 4.92 Å². The van der Waals surface area contributed by atoms with Crippen molar-refractivity contribution in [2.75, 3.05) is 5.32 Å². The minimum absolute atomic E-state index is 0.0997. The minimum Gasteiger partial charge on any atom is -0.378 e. The lowest BCUT2D eigenvalue weighted by molar-refractivity contribution is -0.384. The number of benzene rings is 2. The zero-order valence-electron chi connectivity index (χ0n) is 10.9. The summed E-state index contributed by atoms with van der Waals surface area (Å²) in [4.78, 5) is 10.4. The monoisotopic (exact) mass is 344 g/mol. The first-order valence-electron chi connectivity index (χ1n) is 6.04. The van der Waals surface area contributed by atoms with Crippen molar-refractivity contribution >= 4 is 46.2 Å². The van der Waals surface area contributed by atoms with Crippen LogP contribution in [0.4, 0.5) is 11.4 Å².